The SMILES string of the molecule is NC(=S)c1ccc(Nc2c(F)cc(F)cc2F)c(Cl)c1. The van der Waals surface area contributed by atoms with Crippen LogP contribution in [0, 0.1) is 17.5 Å². The first kappa shape index (κ1) is 14.6. The predicted octanol–water partition coefficient (Wildman–Crippen LogP) is 4.14. The maximum atomic E-state index is 13.5. The van der Waals surface area contributed by atoms with Crippen LogP contribution >= 0.6 is 23.8 Å². The molecule has 7 heteroatoms. The predicted molar refractivity (Wildman–Crippen MR) is 76.9 cm³/mol. The molecule has 0 fully saturated rings. The molecule has 0 aliphatic heterocycles. The molecular formula is C13H8ClF3N2S. The van der Waals surface area contributed by atoms with Gasteiger partial charge in [0.1, 0.15) is 16.5 Å². The van der Waals surface area contributed by atoms with Crippen molar-refractivity contribution in [3.63, 3.8) is 0 Å². The van der Waals surface area contributed by atoms with Crippen molar-refractivity contribution in [1.82, 2.24) is 0 Å². The fourth-order valence-corrected chi connectivity index (χ4v) is 1.92. The molecule has 2 aromatic rings. The lowest BCUT2D eigenvalue weighted by Gasteiger charge is -2.11. The Hall–Kier alpha value is -1.79. The quantitative estimate of drug-likeness (QED) is 0.836. The summed E-state index contributed by atoms with van der Waals surface area (Å²) < 4.78 is 39.8. The third-order valence-electron chi connectivity index (χ3n) is 2.52. The molecule has 0 saturated heterocycles. The van der Waals surface area contributed by atoms with Crippen LogP contribution in [0.2, 0.25) is 5.02 Å². The van der Waals surface area contributed by atoms with Crippen LogP contribution in [0.5, 0.6) is 0 Å². The van der Waals surface area contributed by atoms with Crippen molar-refractivity contribution >= 4 is 40.2 Å². The Morgan fingerprint density at radius 1 is 1.10 bits per heavy atom. The number of nitrogens with two attached hydrogens (primary N) is 1. The highest BCUT2D eigenvalue weighted by atomic mass is 35.5. The van der Waals surface area contributed by atoms with Crippen LogP contribution in [0.3, 0.4) is 0 Å². The summed E-state index contributed by atoms with van der Waals surface area (Å²) in [5.74, 6) is -3.12. The van der Waals surface area contributed by atoms with Crippen LogP contribution in [-0.2, 0) is 0 Å². The molecule has 0 spiro atoms. The van der Waals surface area contributed by atoms with Gasteiger partial charge in [-0.3, -0.25) is 0 Å². The molecule has 2 nitrogen and oxygen atoms in total. The molecule has 0 amide bonds. The summed E-state index contributed by atoms with van der Waals surface area (Å²) in [6.45, 7) is 0. The van der Waals surface area contributed by atoms with Crippen LogP contribution in [0.25, 0.3) is 0 Å². The Morgan fingerprint density at radius 2 is 1.70 bits per heavy atom. The molecule has 0 atom stereocenters. The number of anilines is 2. The van der Waals surface area contributed by atoms with E-state index in [-0.39, 0.29) is 15.7 Å². The molecular weight excluding hydrogens is 309 g/mol. The van der Waals surface area contributed by atoms with Gasteiger partial charge in [-0.05, 0) is 18.2 Å². The van der Waals surface area contributed by atoms with E-state index in [1.165, 1.54) is 12.1 Å². The van der Waals surface area contributed by atoms with Crippen molar-refractivity contribution in [3.8, 4) is 0 Å². The smallest absolute Gasteiger partial charge is 0.152 e. The van der Waals surface area contributed by atoms with Gasteiger partial charge >= 0.3 is 0 Å². The molecule has 0 aliphatic carbocycles. The number of rotatable bonds is 3. The minimum absolute atomic E-state index is 0.151. The Morgan fingerprint density at radius 3 is 2.20 bits per heavy atom. The molecule has 0 heterocycles. The maximum absolute atomic E-state index is 13.5. The Labute approximate surface area is 123 Å². The van der Waals surface area contributed by atoms with Gasteiger partial charge in [-0.2, -0.15) is 0 Å². The van der Waals surface area contributed by atoms with E-state index in [1.54, 1.807) is 6.07 Å². The monoisotopic (exact) mass is 316 g/mol. The second-order valence-electron chi connectivity index (χ2n) is 3.93. The second-order valence-corrected chi connectivity index (χ2v) is 4.78. The van der Waals surface area contributed by atoms with E-state index in [4.69, 9.17) is 29.6 Å². The van der Waals surface area contributed by atoms with Gasteiger partial charge < -0.3 is 11.1 Å². The molecule has 104 valence electrons. The first-order valence-electron chi connectivity index (χ1n) is 5.39. The Bertz CT molecular complexity index is 668. The molecule has 0 bridgehead atoms. The summed E-state index contributed by atoms with van der Waals surface area (Å²) in [7, 11) is 0. The lowest BCUT2D eigenvalue weighted by atomic mass is 10.2. The standard InChI is InChI=1S/C13H8ClF3N2S/c14-8-3-6(13(18)20)1-2-11(8)19-12-9(16)4-7(15)5-10(12)17/h1-5,19H,(H2,18,20). The molecule has 20 heavy (non-hydrogen) atoms. The average Bonchev–Trinajstić information content (AvgIpc) is 2.34. The van der Waals surface area contributed by atoms with E-state index >= 15 is 0 Å². The molecule has 2 aromatic carbocycles. The van der Waals surface area contributed by atoms with E-state index in [9.17, 15) is 13.2 Å². The van der Waals surface area contributed by atoms with Crippen molar-refractivity contribution in [2.45, 2.75) is 0 Å². The topological polar surface area (TPSA) is 38.0 Å². The molecule has 0 unspecified atom stereocenters. The van der Waals surface area contributed by atoms with Gasteiger partial charge in [-0.1, -0.05) is 23.8 Å². The molecule has 3 N–H and O–H groups in total. The van der Waals surface area contributed by atoms with Crippen molar-refractivity contribution in [1.29, 1.82) is 0 Å². The zero-order chi connectivity index (χ0) is 14.9. The van der Waals surface area contributed by atoms with Gasteiger partial charge in [0.2, 0.25) is 0 Å². The number of benzene rings is 2. The van der Waals surface area contributed by atoms with Crippen LogP contribution in [0.15, 0.2) is 30.3 Å². The summed E-state index contributed by atoms with van der Waals surface area (Å²) in [5, 5.41) is 2.65. The Balaban J connectivity index is 2.38. The molecule has 2 rings (SSSR count). The third kappa shape index (κ3) is 3.02. The highest BCUT2D eigenvalue weighted by Gasteiger charge is 2.13. The second kappa shape index (κ2) is 5.68. The van der Waals surface area contributed by atoms with E-state index in [2.05, 4.69) is 5.32 Å². The van der Waals surface area contributed by atoms with Crippen molar-refractivity contribution in [2.24, 2.45) is 5.73 Å². The summed E-state index contributed by atoms with van der Waals surface area (Å²) >= 11 is 10.8. The first-order valence-corrected chi connectivity index (χ1v) is 6.18. The fourth-order valence-electron chi connectivity index (χ4n) is 1.57. The molecule has 0 aliphatic rings. The zero-order valence-electron chi connectivity index (χ0n) is 9.88. The average molecular weight is 317 g/mol. The van der Waals surface area contributed by atoms with Gasteiger partial charge in [-0.25, -0.2) is 13.2 Å². The third-order valence-corrected chi connectivity index (χ3v) is 3.07. The number of hydrogen-bond acceptors (Lipinski definition) is 2. The maximum Gasteiger partial charge on any atom is 0.152 e. The lowest BCUT2D eigenvalue weighted by molar-refractivity contribution is 0.549. The van der Waals surface area contributed by atoms with E-state index in [0.29, 0.717) is 17.7 Å². The van der Waals surface area contributed by atoms with Crippen molar-refractivity contribution < 1.29 is 13.2 Å². The van der Waals surface area contributed by atoms with Crippen LogP contribution in [-0.4, -0.2) is 4.99 Å². The summed E-state index contributed by atoms with van der Waals surface area (Å²) in [4.78, 5) is 0.151. The number of halogens is 4. The van der Waals surface area contributed by atoms with Gasteiger partial charge in [0.05, 0.1) is 10.7 Å². The Kier molecular flexibility index (Phi) is 4.15. The number of nitrogens with one attached hydrogen (secondary N) is 1. The van der Waals surface area contributed by atoms with Gasteiger partial charge in [0, 0.05) is 17.7 Å². The number of thiocarbonyl (C=S) groups is 1. The van der Waals surface area contributed by atoms with Crippen LogP contribution in [0.1, 0.15) is 5.56 Å². The summed E-state index contributed by atoms with van der Waals surface area (Å²) in [5.41, 5.74) is 5.72. The minimum Gasteiger partial charge on any atom is -0.389 e. The zero-order valence-corrected chi connectivity index (χ0v) is 11.5. The molecule has 0 radical (unpaired) electrons. The van der Waals surface area contributed by atoms with Gasteiger partial charge in [0.25, 0.3) is 0 Å². The minimum atomic E-state index is -1.06. The summed E-state index contributed by atoms with van der Waals surface area (Å²) in [6, 6.07) is 5.63. The summed E-state index contributed by atoms with van der Waals surface area (Å²) in [6.07, 6.45) is 0. The van der Waals surface area contributed by atoms with Crippen molar-refractivity contribution in [3.05, 3.63) is 58.4 Å². The van der Waals surface area contributed by atoms with Crippen LogP contribution < -0.4 is 11.1 Å². The van der Waals surface area contributed by atoms with Crippen LogP contribution in [0.4, 0.5) is 24.5 Å². The lowest BCUT2D eigenvalue weighted by Crippen LogP contribution is -2.09. The first-order chi connectivity index (χ1) is 9.38. The fraction of sp³-hybridized carbons (Fsp3) is 0. The molecule has 0 aromatic heterocycles. The normalized spacial score (nSPS) is 10.4. The molecule has 0 saturated carbocycles. The van der Waals surface area contributed by atoms with E-state index in [0.717, 1.165) is 0 Å². The van der Waals surface area contributed by atoms with Gasteiger partial charge in [0.15, 0.2) is 11.6 Å². The van der Waals surface area contributed by atoms with E-state index in [1.807, 2.05) is 0 Å². The largest absolute Gasteiger partial charge is 0.389 e. The highest BCUT2D eigenvalue weighted by Crippen LogP contribution is 2.29. The number of hydrogen-bond donors (Lipinski definition) is 2. The van der Waals surface area contributed by atoms with Crippen molar-refractivity contribution in [2.75, 3.05) is 5.32 Å². The van der Waals surface area contributed by atoms with E-state index < -0.39 is 23.1 Å². The highest BCUT2D eigenvalue weighted by molar-refractivity contribution is 7.80. The van der Waals surface area contributed by atoms with Gasteiger partial charge in [-0.15, -0.1) is 0 Å².